The number of aliphatic hydroxyl groups is 3. The number of nitrogens with zero attached hydrogens (tertiary/aromatic N) is 1. The van der Waals surface area contributed by atoms with Crippen molar-refractivity contribution in [1.29, 1.82) is 0 Å². The minimum Gasteiger partial charge on any atom is -0.507 e. The Labute approximate surface area is 404 Å². The minimum atomic E-state index is -1.56. The molecule has 18 heteroatoms. The van der Waals surface area contributed by atoms with E-state index < -0.39 is 65.1 Å². The molecule has 2 aromatic carbocycles. The van der Waals surface area contributed by atoms with Crippen LogP contribution in [0.5, 0.6) is 11.5 Å². The highest BCUT2D eigenvalue weighted by Gasteiger charge is 2.43. The Bertz CT molecular complexity index is 2520. The van der Waals surface area contributed by atoms with Crippen molar-refractivity contribution in [3.8, 4) is 11.5 Å². The number of furan rings is 2. The van der Waals surface area contributed by atoms with Crippen LogP contribution in [0.25, 0.3) is 34.1 Å². The smallest absolute Gasteiger partial charge is 0.342 e. The molecule has 16 nitrogen and oxygen atoms in total. The molecule has 1 saturated heterocycles. The summed E-state index contributed by atoms with van der Waals surface area (Å²) in [5.41, 5.74) is 2.22. The van der Waals surface area contributed by atoms with Crippen molar-refractivity contribution < 1.29 is 72.1 Å². The van der Waals surface area contributed by atoms with Crippen LogP contribution < -0.4 is 4.74 Å². The molecule has 0 bridgehead atoms. The van der Waals surface area contributed by atoms with Gasteiger partial charge >= 0.3 is 11.9 Å². The molecule has 0 spiro atoms. The van der Waals surface area contributed by atoms with Crippen LogP contribution in [-0.2, 0) is 28.5 Å². The normalized spacial score (nSPS) is 28.1. The minimum absolute atomic E-state index is 0.0173. The van der Waals surface area contributed by atoms with Crippen LogP contribution in [0.3, 0.4) is 0 Å². The fourth-order valence-corrected chi connectivity index (χ4v) is 7.61. The summed E-state index contributed by atoms with van der Waals surface area (Å²) in [5, 5.41) is 42.6. The molecule has 368 valence electrons. The van der Waals surface area contributed by atoms with E-state index >= 15 is 0 Å². The number of halogens is 2. The largest absolute Gasteiger partial charge is 0.507 e. The van der Waals surface area contributed by atoms with Gasteiger partial charge in [0.2, 0.25) is 0 Å². The van der Waals surface area contributed by atoms with Gasteiger partial charge in [0.1, 0.15) is 64.3 Å². The Morgan fingerprint density at radius 3 is 1.97 bits per heavy atom. The average Bonchev–Trinajstić information content (AvgIpc) is 4.04. The van der Waals surface area contributed by atoms with E-state index in [1.807, 2.05) is 45.9 Å². The number of fused-ring (bicyclic) bond motifs is 7. The molecule has 1 unspecified atom stereocenters. The Morgan fingerprint density at radius 2 is 1.38 bits per heavy atom. The molecular weight excluding hydrogens is 925 g/mol. The van der Waals surface area contributed by atoms with E-state index in [0.29, 0.717) is 45.4 Å². The molecule has 0 amide bonds. The first-order chi connectivity index (χ1) is 32.3. The van der Waals surface area contributed by atoms with Crippen LogP contribution in [0, 0.1) is 11.8 Å². The number of carbonyl (C=O) groups is 3. The zero-order valence-corrected chi connectivity index (χ0v) is 40.5. The van der Waals surface area contributed by atoms with Gasteiger partial charge in [-0.2, -0.15) is 0 Å². The maximum Gasteiger partial charge on any atom is 0.342 e. The third-order valence-electron chi connectivity index (χ3n) is 11.3. The van der Waals surface area contributed by atoms with Gasteiger partial charge in [-0.25, -0.2) is 9.59 Å². The molecular formula is C50H59Cl2NO15. The van der Waals surface area contributed by atoms with Crippen LogP contribution >= 0.6 is 23.2 Å². The number of esters is 2. The second-order valence-corrected chi connectivity index (χ2v) is 17.8. The summed E-state index contributed by atoms with van der Waals surface area (Å²) in [5.74, 6) is -3.14. The van der Waals surface area contributed by atoms with Crippen molar-refractivity contribution in [2.24, 2.45) is 16.8 Å². The van der Waals surface area contributed by atoms with Gasteiger partial charge in [0, 0.05) is 53.0 Å². The maximum atomic E-state index is 13.4. The lowest BCUT2D eigenvalue weighted by Gasteiger charge is -2.23. The third-order valence-corrected chi connectivity index (χ3v) is 11.5. The molecule has 0 radical (unpaired) electrons. The summed E-state index contributed by atoms with van der Waals surface area (Å²) in [6.07, 6.45) is 12.3. The molecule has 0 aliphatic carbocycles. The summed E-state index contributed by atoms with van der Waals surface area (Å²) < 4.78 is 45.1. The van der Waals surface area contributed by atoms with Gasteiger partial charge < -0.3 is 57.7 Å². The quantitative estimate of drug-likeness (QED) is 0.0374. The van der Waals surface area contributed by atoms with E-state index in [1.54, 1.807) is 57.5 Å². The second-order valence-electron chi connectivity index (χ2n) is 16.8. The summed E-state index contributed by atoms with van der Waals surface area (Å²) in [7, 11) is 1.51. The number of benzene rings is 2. The van der Waals surface area contributed by atoms with E-state index in [1.165, 1.54) is 43.7 Å². The Morgan fingerprint density at radius 1 is 0.809 bits per heavy atom. The predicted octanol–water partition coefficient (Wildman–Crippen LogP) is 8.87. The zero-order valence-electron chi connectivity index (χ0n) is 39.0. The first kappa shape index (κ1) is 53.7. The highest BCUT2D eigenvalue weighted by Crippen LogP contribution is 2.37. The fourth-order valence-electron chi connectivity index (χ4n) is 7.38. The molecule has 5 heterocycles. The van der Waals surface area contributed by atoms with Gasteiger partial charge in [-0.1, -0.05) is 79.6 Å². The summed E-state index contributed by atoms with van der Waals surface area (Å²) in [6, 6.07) is 6.46. The van der Waals surface area contributed by atoms with Gasteiger partial charge in [0.15, 0.2) is 23.3 Å². The average molecular weight is 985 g/mol. The third kappa shape index (κ3) is 13.7. The zero-order chi connectivity index (χ0) is 49.9. The molecule has 3 aliphatic rings. The highest BCUT2D eigenvalue weighted by molar-refractivity contribution is 6.44. The molecule has 4 aromatic rings. The summed E-state index contributed by atoms with van der Waals surface area (Å²) >= 11 is 10.3. The monoisotopic (exact) mass is 983 g/mol. The molecule has 3 aliphatic heterocycles. The van der Waals surface area contributed by atoms with E-state index in [9.17, 15) is 34.8 Å². The Hall–Kier alpha value is -5.30. The standard InChI is InChI=1S/C26H32O8.C21H22O7.C3H5Cl2N/c1-15-9-10-19(27)24-20(33-26(3,4)34-24)8-6-7-18-17-11-12-30-21(17)13-22(31-14-29-5)23(18)25(28)32-16(15)2;1-11-6-7-16(23)20(25)15(22)5-3-4-14-13-8-9-27-18(13)10-17(24)19(14)21(26)28-12(11)2;1-2-6-3(4)5/h6-7,9-13,15-16,19-20,24,27H,8,14H2,1-5H3;3-4,6-12,15,20,22,24-25H,5H2,1-2H3;2-3H,1H3/b7-6?,10-9-;4-3+,7-6-;/t15-,16+,19?,20+,24-;11-,12+,15+,20+;/m11./s1. The van der Waals surface area contributed by atoms with Gasteiger partial charge in [-0.3, -0.25) is 9.79 Å². The number of ketones is 1. The first-order valence-corrected chi connectivity index (χ1v) is 22.8. The van der Waals surface area contributed by atoms with Crippen molar-refractivity contribution in [3.63, 3.8) is 0 Å². The van der Waals surface area contributed by atoms with Crippen molar-refractivity contribution >= 4 is 81.2 Å². The van der Waals surface area contributed by atoms with Gasteiger partial charge in [-0.15, -0.1) is 0 Å². The number of cyclic esters (lactones) is 2. The molecule has 68 heavy (non-hydrogen) atoms. The van der Waals surface area contributed by atoms with E-state index in [2.05, 4.69) is 4.99 Å². The van der Waals surface area contributed by atoms with E-state index in [-0.39, 0.29) is 42.5 Å². The van der Waals surface area contributed by atoms with Crippen LogP contribution in [0.1, 0.15) is 93.2 Å². The van der Waals surface area contributed by atoms with Crippen molar-refractivity contribution in [3.05, 3.63) is 95.5 Å². The number of carbonyl (C=O) groups excluding carboxylic acids is 3. The first-order valence-electron chi connectivity index (χ1n) is 22.0. The maximum absolute atomic E-state index is 13.4. The summed E-state index contributed by atoms with van der Waals surface area (Å²) in [4.78, 5) is 41.1. The Balaban J connectivity index is 0.000000230. The van der Waals surface area contributed by atoms with Gasteiger partial charge in [0.05, 0.1) is 24.7 Å². The van der Waals surface area contributed by atoms with Crippen LogP contribution in [0.4, 0.5) is 0 Å². The van der Waals surface area contributed by atoms with Crippen molar-refractivity contribution in [2.45, 2.75) is 115 Å². The highest BCUT2D eigenvalue weighted by atomic mass is 35.5. The lowest BCUT2D eigenvalue weighted by Crippen LogP contribution is -2.34. The number of ether oxygens (including phenoxy) is 6. The lowest BCUT2D eigenvalue weighted by atomic mass is 9.97. The Kier molecular flexibility index (Phi) is 19.2. The van der Waals surface area contributed by atoms with E-state index in [0.717, 1.165) is 5.39 Å². The molecule has 7 rings (SSSR count). The number of aliphatic imine (C=N–C) groups is 1. The number of hydrogen-bond donors (Lipinski definition) is 4. The van der Waals surface area contributed by atoms with Gasteiger partial charge in [-0.05, 0) is 71.9 Å². The van der Waals surface area contributed by atoms with Crippen molar-refractivity contribution in [2.75, 3.05) is 13.9 Å². The number of aliphatic hydroxyl groups excluding tert-OH is 3. The molecule has 0 saturated carbocycles. The number of rotatable bonds is 4. The second kappa shape index (κ2) is 24.3. The molecule has 9 atom stereocenters. The number of phenolic OH excluding ortho intramolecular Hbond substituents is 1. The fraction of sp³-hybridized carbons (Fsp3) is 0.440. The number of aromatic hydroxyl groups is 1. The van der Waals surface area contributed by atoms with E-state index in [4.69, 9.17) is 60.5 Å². The number of phenols is 1. The summed E-state index contributed by atoms with van der Waals surface area (Å²) in [6.45, 7) is 12.5. The molecule has 4 N–H and O–H groups in total. The lowest BCUT2D eigenvalue weighted by molar-refractivity contribution is -0.152. The number of methoxy groups -OCH3 is 1. The van der Waals surface area contributed by atoms with Crippen LogP contribution in [-0.4, -0.2) is 112 Å². The number of alkyl halides is 2. The molecule has 2 aromatic heterocycles. The topological polar surface area (TPSA) is 226 Å². The van der Waals surface area contributed by atoms with Crippen LogP contribution in [0.15, 0.2) is 87.1 Å². The predicted molar refractivity (Wildman–Crippen MR) is 257 cm³/mol. The van der Waals surface area contributed by atoms with Crippen molar-refractivity contribution in [1.82, 2.24) is 0 Å². The molecule has 1 fully saturated rings. The van der Waals surface area contributed by atoms with Gasteiger partial charge in [0.25, 0.3) is 0 Å². The van der Waals surface area contributed by atoms with Crippen LogP contribution in [0.2, 0.25) is 0 Å². The number of hydrogen-bond acceptors (Lipinski definition) is 16. The SMILES string of the molecule is CC=NC(Cl)Cl.COCOc1cc2occc2c2c1C(=O)O[C@@H](C)[C@H](C)/C=C\C(O)[C@H]1OC(C)(C)O[C@H]1CC=C2.C[C@@H]1/C=C\C(=O)[C@@H](O)[C@@H](O)C/C=C/c2c(c(O)cc3occc23)C(=O)O[C@H]1C.